The number of carbonyl (C=O) groups excluding carboxylic acids is 1. The van der Waals surface area contributed by atoms with Crippen molar-refractivity contribution in [1.82, 2.24) is 25.4 Å². The Morgan fingerprint density at radius 3 is 2.53 bits per heavy atom. The van der Waals surface area contributed by atoms with Gasteiger partial charge in [-0.25, -0.2) is 9.97 Å². The highest BCUT2D eigenvalue weighted by atomic mass is 16.5. The summed E-state index contributed by atoms with van der Waals surface area (Å²) in [5.74, 6) is 2.27. The van der Waals surface area contributed by atoms with E-state index in [4.69, 9.17) is 9.51 Å². The minimum Gasteiger partial charge on any atom is -0.356 e. The molecule has 1 saturated carbocycles. The lowest BCUT2D eigenvalue weighted by molar-refractivity contribution is 0.0942. The van der Waals surface area contributed by atoms with Gasteiger partial charge in [0.2, 0.25) is 0 Å². The number of hydrogen-bond donors (Lipinski definition) is 1. The van der Waals surface area contributed by atoms with E-state index in [-0.39, 0.29) is 5.91 Å². The molecule has 0 radical (unpaired) electrons. The lowest BCUT2D eigenvalue weighted by Gasteiger charge is -2.29. The summed E-state index contributed by atoms with van der Waals surface area (Å²) >= 11 is 0. The highest BCUT2D eigenvalue weighted by Gasteiger charge is 2.27. The quantitative estimate of drug-likeness (QED) is 0.685. The predicted molar refractivity (Wildman–Crippen MR) is 113 cm³/mol. The first-order chi connectivity index (χ1) is 14.5. The largest absolute Gasteiger partial charge is 0.356 e. The van der Waals surface area contributed by atoms with Crippen LogP contribution in [0.5, 0.6) is 0 Å². The molecule has 1 aliphatic carbocycles. The molecule has 4 rings (SSSR count). The molecule has 0 spiro atoms. The van der Waals surface area contributed by atoms with Crippen molar-refractivity contribution in [3.63, 3.8) is 0 Å². The van der Waals surface area contributed by atoms with Crippen LogP contribution >= 0.6 is 0 Å². The molecule has 3 heterocycles. The molecular weight excluding hydrogens is 378 g/mol. The molecule has 0 aliphatic heterocycles. The van der Waals surface area contributed by atoms with Crippen LogP contribution in [0.1, 0.15) is 64.9 Å². The van der Waals surface area contributed by atoms with Gasteiger partial charge in [-0.2, -0.15) is 0 Å². The highest BCUT2D eigenvalue weighted by molar-refractivity contribution is 5.93. The number of aryl methyl sites for hydroxylation is 3. The topological polar surface area (TPSA) is 93.8 Å². The van der Waals surface area contributed by atoms with Crippen LogP contribution in [0.15, 0.2) is 35.1 Å². The molecule has 3 aromatic heterocycles. The third-order valence-electron chi connectivity index (χ3n) is 5.79. The molecule has 1 amide bonds. The minimum absolute atomic E-state index is 0.0565. The monoisotopic (exact) mass is 405 g/mol. The van der Waals surface area contributed by atoms with E-state index in [1.165, 1.54) is 0 Å². The number of pyridine rings is 1. The second kappa shape index (κ2) is 8.73. The van der Waals surface area contributed by atoms with Crippen molar-refractivity contribution in [2.24, 2.45) is 5.92 Å². The summed E-state index contributed by atoms with van der Waals surface area (Å²) in [6.07, 6.45) is 7.64. The average Bonchev–Trinajstić information content (AvgIpc) is 3.19. The summed E-state index contributed by atoms with van der Waals surface area (Å²) in [7, 11) is 0. The standard InChI is InChI=1S/C23H27N5O2/c1-14-4-7-19(12-24-14)23(29)26-11-17-5-8-18(9-6-17)22-20(13-25-16(3)27-22)21-10-15(2)28-30-21/h4,7,10,12-13,17-18H,5-6,8-9,11H2,1-3H3,(H,26,29). The summed E-state index contributed by atoms with van der Waals surface area (Å²) in [4.78, 5) is 25.7. The summed E-state index contributed by atoms with van der Waals surface area (Å²) in [5, 5.41) is 7.07. The number of nitrogens with zero attached hydrogens (tertiary/aromatic N) is 4. The third kappa shape index (κ3) is 4.56. The van der Waals surface area contributed by atoms with Crippen LogP contribution in [-0.4, -0.2) is 32.6 Å². The molecule has 3 aromatic rings. The minimum atomic E-state index is -0.0565. The molecule has 0 saturated heterocycles. The maximum Gasteiger partial charge on any atom is 0.252 e. The number of aromatic nitrogens is 4. The Balaban J connectivity index is 1.37. The van der Waals surface area contributed by atoms with Gasteiger partial charge in [0.05, 0.1) is 22.5 Å². The Kier molecular flexibility index (Phi) is 5.88. The average molecular weight is 406 g/mol. The molecule has 30 heavy (non-hydrogen) atoms. The fourth-order valence-electron chi connectivity index (χ4n) is 4.06. The van der Waals surface area contributed by atoms with Crippen molar-refractivity contribution >= 4 is 5.91 Å². The summed E-state index contributed by atoms with van der Waals surface area (Å²) in [6, 6.07) is 5.61. The zero-order valence-electron chi connectivity index (χ0n) is 17.7. The molecule has 156 valence electrons. The third-order valence-corrected chi connectivity index (χ3v) is 5.79. The molecule has 7 heteroatoms. The van der Waals surface area contributed by atoms with E-state index in [2.05, 4.69) is 20.4 Å². The van der Waals surface area contributed by atoms with Crippen LogP contribution < -0.4 is 5.32 Å². The van der Waals surface area contributed by atoms with Crippen molar-refractivity contribution in [2.45, 2.75) is 52.4 Å². The van der Waals surface area contributed by atoms with Crippen LogP contribution in [0, 0.1) is 26.7 Å². The molecular formula is C23H27N5O2. The SMILES string of the molecule is Cc1ccc(C(=O)NCC2CCC(c3nc(C)ncc3-c3cc(C)no3)CC2)cn1. The van der Waals surface area contributed by atoms with Crippen molar-refractivity contribution in [3.05, 3.63) is 59.1 Å². The van der Waals surface area contributed by atoms with E-state index >= 15 is 0 Å². The number of carbonyl (C=O) groups is 1. The van der Waals surface area contributed by atoms with Crippen LogP contribution in [0.25, 0.3) is 11.3 Å². The second-order valence-corrected chi connectivity index (χ2v) is 8.16. The van der Waals surface area contributed by atoms with Gasteiger partial charge in [0.25, 0.3) is 5.91 Å². The Labute approximate surface area is 176 Å². The molecule has 0 aromatic carbocycles. The normalized spacial score (nSPS) is 18.9. The number of rotatable bonds is 5. The van der Waals surface area contributed by atoms with Gasteiger partial charge < -0.3 is 9.84 Å². The van der Waals surface area contributed by atoms with Crippen molar-refractivity contribution in [1.29, 1.82) is 0 Å². The van der Waals surface area contributed by atoms with Gasteiger partial charge in [-0.15, -0.1) is 0 Å². The molecule has 1 fully saturated rings. The zero-order valence-corrected chi connectivity index (χ0v) is 17.7. The Morgan fingerprint density at radius 1 is 1.07 bits per heavy atom. The molecule has 1 N–H and O–H groups in total. The van der Waals surface area contributed by atoms with E-state index < -0.39 is 0 Å². The van der Waals surface area contributed by atoms with Crippen molar-refractivity contribution in [2.75, 3.05) is 6.54 Å². The van der Waals surface area contributed by atoms with E-state index in [1.807, 2.05) is 45.2 Å². The first-order valence-corrected chi connectivity index (χ1v) is 10.5. The van der Waals surface area contributed by atoms with Crippen LogP contribution in [0.3, 0.4) is 0 Å². The summed E-state index contributed by atoms with van der Waals surface area (Å²) in [5.41, 5.74) is 4.35. The van der Waals surface area contributed by atoms with Crippen molar-refractivity contribution in [3.8, 4) is 11.3 Å². The first kappa shape index (κ1) is 20.2. The van der Waals surface area contributed by atoms with Crippen LogP contribution in [0.4, 0.5) is 0 Å². The van der Waals surface area contributed by atoms with E-state index in [9.17, 15) is 4.79 Å². The lowest BCUT2D eigenvalue weighted by Crippen LogP contribution is -2.31. The smallest absolute Gasteiger partial charge is 0.252 e. The molecule has 7 nitrogen and oxygen atoms in total. The maximum absolute atomic E-state index is 12.3. The van der Waals surface area contributed by atoms with E-state index in [0.717, 1.165) is 59.9 Å². The van der Waals surface area contributed by atoms with Gasteiger partial charge in [0, 0.05) is 36.6 Å². The molecule has 0 bridgehead atoms. The molecule has 0 atom stereocenters. The van der Waals surface area contributed by atoms with Gasteiger partial charge in [0.15, 0.2) is 5.76 Å². The number of amides is 1. The van der Waals surface area contributed by atoms with Crippen LogP contribution in [0.2, 0.25) is 0 Å². The number of nitrogens with one attached hydrogen (secondary N) is 1. The predicted octanol–water partition coefficient (Wildman–Crippen LogP) is 4.16. The van der Waals surface area contributed by atoms with Crippen molar-refractivity contribution < 1.29 is 9.32 Å². The Morgan fingerprint density at radius 2 is 1.87 bits per heavy atom. The fourth-order valence-corrected chi connectivity index (χ4v) is 4.06. The second-order valence-electron chi connectivity index (χ2n) is 8.16. The Bertz CT molecular complexity index is 1020. The van der Waals surface area contributed by atoms with Gasteiger partial charge in [-0.05, 0) is 64.5 Å². The Hall–Kier alpha value is -3.09. The fraction of sp³-hybridized carbons (Fsp3) is 0.435. The van der Waals surface area contributed by atoms with Gasteiger partial charge in [-0.1, -0.05) is 5.16 Å². The highest BCUT2D eigenvalue weighted by Crippen LogP contribution is 2.38. The van der Waals surface area contributed by atoms with E-state index in [0.29, 0.717) is 23.9 Å². The summed E-state index contributed by atoms with van der Waals surface area (Å²) in [6.45, 7) is 6.43. The number of hydrogen-bond acceptors (Lipinski definition) is 6. The summed E-state index contributed by atoms with van der Waals surface area (Å²) < 4.78 is 5.47. The first-order valence-electron chi connectivity index (χ1n) is 10.5. The molecule has 1 aliphatic rings. The lowest BCUT2D eigenvalue weighted by atomic mass is 9.79. The van der Waals surface area contributed by atoms with Gasteiger partial charge in [0.1, 0.15) is 5.82 Å². The van der Waals surface area contributed by atoms with Gasteiger partial charge in [-0.3, -0.25) is 9.78 Å². The van der Waals surface area contributed by atoms with Gasteiger partial charge >= 0.3 is 0 Å². The van der Waals surface area contributed by atoms with E-state index in [1.54, 1.807) is 6.20 Å². The van der Waals surface area contributed by atoms with Crippen LogP contribution in [-0.2, 0) is 0 Å². The maximum atomic E-state index is 12.3. The molecule has 0 unspecified atom stereocenters. The zero-order chi connectivity index (χ0) is 21.1.